The van der Waals surface area contributed by atoms with Crippen molar-refractivity contribution < 1.29 is 23.0 Å². The number of hydrogen-bond donors (Lipinski definition) is 1. The van der Waals surface area contributed by atoms with Crippen molar-refractivity contribution in [3.63, 3.8) is 0 Å². The minimum absolute atomic E-state index is 0.206. The van der Waals surface area contributed by atoms with E-state index in [0.29, 0.717) is 38.4 Å². The third-order valence-corrected chi connectivity index (χ3v) is 4.81. The van der Waals surface area contributed by atoms with Crippen molar-refractivity contribution in [2.24, 2.45) is 0 Å². The normalized spacial score (nSPS) is 16.8. The second-order valence-electron chi connectivity index (χ2n) is 7.12. The molecule has 0 radical (unpaired) electrons. The monoisotopic (exact) mass is 394 g/mol. The molecule has 1 unspecified atom stereocenters. The Morgan fingerprint density at radius 2 is 1.75 bits per heavy atom. The largest absolute Gasteiger partial charge is 0.491 e. The summed E-state index contributed by atoms with van der Waals surface area (Å²) in [5, 5.41) is 10.2. The lowest BCUT2D eigenvalue weighted by molar-refractivity contribution is -0.137. The van der Waals surface area contributed by atoms with Crippen LogP contribution in [0.2, 0.25) is 0 Å². The van der Waals surface area contributed by atoms with E-state index in [1.807, 2.05) is 36.1 Å². The molecule has 7 heteroatoms. The highest BCUT2D eigenvalue weighted by atomic mass is 19.4. The van der Waals surface area contributed by atoms with E-state index in [0.717, 1.165) is 17.4 Å². The summed E-state index contributed by atoms with van der Waals surface area (Å²) in [5.74, 6) is 0.730. The Kier molecular flexibility index (Phi) is 6.46. The molecule has 152 valence electrons. The lowest BCUT2D eigenvalue weighted by Gasteiger charge is -2.37. The van der Waals surface area contributed by atoms with Gasteiger partial charge in [0.15, 0.2) is 0 Å². The quantitative estimate of drug-likeness (QED) is 0.813. The first-order chi connectivity index (χ1) is 13.3. The number of benzene rings is 2. The standard InChI is InChI=1S/C21H25F3N2O2/c1-16-4-2-7-20(12-16)28-15-19(27)14-25-8-10-26(11-9-25)18-6-3-5-17(13-18)21(22,23)24/h2-7,12-13,19,27H,8-11,14-15H2,1H3. The first-order valence-electron chi connectivity index (χ1n) is 9.33. The molecule has 2 aromatic rings. The number of ether oxygens (including phenoxy) is 1. The van der Waals surface area contributed by atoms with Gasteiger partial charge in [0.05, 0.1) is 5.56 Å². The van der Waals surface area contributed by atoms with Crippen molar-refractivity contribution >= 4 is 5.69 Å². The van der Waals surface area contributed by atoms with E-state index in [1.54, 1.807) is 6.07 Å². The van der Waals surface area contributed by atoms with Crippen molar-refractivity contribution in [2.75, 3.05) is 44.2 Å². The summed E-state index contributed by atoms with van der Waals surface area (Å²) in [6.07, 6.45) is -4.96. The number of aliphatic hydroxyl groups excluding tert-OH is 1. The number of aliphatic hydroxyl groups is 1. The van der Waals surface area contributed by atoms with Crippen LogP contribution in [0, 0.1) is 6.92 Å². The van der Waals surface area contributed by atoms with Crippen LogP contribution < -0.4 is 9.64 Å². The Hall–Kier alpha value is -2.25. The van der Waals surface area contributed by atoms with Crippen molar-refractivity contribution in [1.82, 2.24) is 4.90 Å². The van der Waals surface area contributed by atoms with Gasteiger partial charge in [-0.25, -0.2) is 0 Å². The number of piperazine rings is 1. The Balaban J connectivity index is 1.46. The second kappa shape index (κ2) is 8.84. The van der Waals surface area contributed by atoms with E-state index in [2.05, 4.69) is 4.90 Å². The van der Waals surface area contributed by atoms with Crippen molar-refractivity contribution in [3.05, 3.63) is 59.7 Å². The molecule has 0 spiro atoms. The molecule has 0 bridgehead atoms. The molecule has 0 aliphatic carbocycles. The zero-order valence-electron chi connectivity index (χ0n) is 15.8. The molecule has 1 heterocycles. The number of hydrogen-bond acceptors (Lipinski definition) is 4. The van der Waals surface area contributed by atoms with E-state index < -0.39 is 17.8 Å². The Bertz CT molecular complexity index is 774. The van der Waals surface area contributed by atoms with Crippen molar-refractivity contribution in [2.45, 2.75) is 19.2 Å². The summed E-state index contributed by atoms with van der Waals surface area (Å²) in [7, 11) is 0. The molecule has 1 N–H and O–H groups in total. The lowest BCUT2D eigenvalue weighted by atomic mass is 10.1. The average molecular weight is 394 g/mol. The van der Waals surface area contributed by atoms with Crippen LogP contribution in [0.25, 0.3) is 0 Å². The number of nitrogens with zero attached hydrogens (tertiary/aromatic N) is 2. The SMILES string of the molecule is Cc1cccc(OCC(O)CN2CCN(c3cccc(C(F)(F)F)c3)CC2)c1. The van der Waals surface area contributed by atoms with Gasteiger partial charge in [-0.1, -0.05) is 18.2 Å². The van der Waals surface area contributed by atoms with Gasteiger partial charge in [0, 0.05) is 38.4 Å². The predicted molar refractivity (Wildman–Crippen MR) is 103 cm³/mol. The molecular weight excluding hydrogens is 369 g/mol. The van der Waals surface area contributed by atoms with Crippen LogP contribution in [-0.2, 0) is 6.18 Å². The van der Waals surface area contributed by atoms with Gasteiger partial charge in [-0.2, -0.15) is 13.2 Å². The molecular formula is C21H25F3N2O2. The molecule has 28 heavy (non-hydrogen) atoms. The van der Waals surface area contributed by atoms with Crippen molar-refractivity contribution in [3.8, 4) is 5.75 Å². The number of aryl methyl sites for hydroxylation is 1. The Labute approximate surface area is 163 Å². The Morgan fingerprint density at radius 1 is 1.04 bits per heavy atom. The van der Waals surface area contributed by atoms with Gasteiger partial charge in [-0.3, -0.25) is 4.90 Å². The zero-order chi connectivity index (χ0) is 20.1. The Morgan fingerprint density at radius 3 is 2.43 bits per heavy atom. The molecule has 1 aliphatic rings. The minimum atomic E-state index is -4.33. The molecule has 3 rings (SSSR count). The van der Waals surface area contributed by atoms with Crippen LogP contribution in [0.15, 0.2) is 48.5 Å². The van der Waals surface area contributed by atoms with Crippen LogP contribution in [0.1, 0.15) is 11.1 Å². The average Bonchev–Trinajstić information content (AvgIpc) is 2.66. The molecule has 1 fully saturated rings. The summed E-state index contributed by atoms with van der Waals surface area (Å²) in [4.78, 5) is 4.05. The van der Waals surface area contributed by atoms with Gasteiger partial charge in [0.1, 0.15) is 18.5 Å². The highest BCUT2D eigenvalue weighted by Crippen LogP contribution is 2.31. The van der Waals surface area contributed by atoms with Gasteiger partial charge in [0.2, 0.25) is 0 Å². The molecule has 1 aliphatic heterocycles. The number of anilines is 1. The lowest BCUT2D eigenvalue weighted by Crippen LogP contribution is -2.49. The summed E-state index contributed by atoms with van der Waals surface area (Å²) < 4.78 is 44.3. The smallest absolute Gasteiger partial charge is 0.416 e. The third kappa shape index (κ3) is 5.62. The summed E-state index contributed by atoms with van der Waals surface area (Å²) in [6, 6.07) is 13.1. The third-order valence-electron chi connectivity index (χ3n) is 4.81. The van der Waals surface area contributed by atoms with Gasteiger partial charge in [0.25, 0.3) is 0 Å². The number of β-amino-alcohol motifs (C(OH)–C–C–N with tert-alkyl or cyclic N) is 1. The van der Waals surface area contributed by atoms with Crippen LogP contribution >= 0.6 is 0 Å². The second-order valence-corrected chi connectivity index (χ2v) is 7.12. The summed E-state index contributed by atoms with van der Waals surface area (Å²) >= 11 is 0. The molecule has 0 saturated carbocycles. The van der Waals surface area contributed by atoms with Crippen LogP contribution in [0.3, 0.4) is 0 Å². The maximum atomic E-state index is 12.9. The van der Waals surface area contributed by atoms with Gasteiger partial charge in [-0.15, -0.1) is 0 Å². The molecule has 1 atom stereocenters. The maximum Gasteiger partial charge on any atom is 0.416 e. The minimum Gasteiger partial charge on any atom is -0.491 e. The molecule has 2 aromatic carbocycles. The fourth-order valence-corrected chi connectivity index (χ4v) is 3.32. The first-order valence-corrected chi connectivity index (χ1v) is 9.33. The fraction of sp³-hybridized carbons (Fsp3) is 0.429. The van der Waals surface area contributed by atoms with Crippen molar-refractivity contribution in [1.29, 1.82) is 0 Å². The van der Waals surface area contributed by atoms with Crippen LogP contribution in [0.5, 0.6) is 5.75 Å². The fourth-order valence-electron chi connectivity index (χ4n) is 3.32. The first kappa shape index (κ1) is 20.5. The predicted octanol–water partition coefficient (Wildman–Crippen LogP) is 3.58. The number of rotatable bonds is 6. The van der Waals surface area contributed by atoms with Gasteiger partial charge < -0.3 is 14.7 Å². The highest BCUT2D eigenvalue weighted by Gasteiger charge is 2.31. The number of halogens is 3. The maximum absolute atomic E-state index is 12.9. The molecule has 0 aromatic heterocycles. The van der Waals surface area contributed by atoms with E-state index in [-0.39, 0.29) is 6.61 Å². The van der Waals surface area contributed by atoms with E-state index in [9.17, 15) is 18.3 Å². The van der Waals surface area contributed by atoms with Gasteiger partial charge >= 0.3 is 6.18 Å². The van der Waals surface area contributed by atoms with Crippen LogP contribution in [0.4, 0.5) is 18.9 Å². The van der Waals surface area contributed by atoms with E-state index in [4.69, 9.17) is 4.74 Å². The van der Waals surface area contributed by atoms with E-state index >= 15 is 0 Å². The van der Waals surface area contributed by atoms with Crippen LogP contribution in [-0.4, -0.2) is 55.4 Å². The topological polar surface area (TPSA) is 35.9 Å². The summed E-state index contributed by atoms with van der Waals surface area (Å²) in [6.45, 7) is 5.25. The zero-order valence-corrected chi connectivity index (χ0v) is 15.8. The van der Waals surface area contributed by atoms with E-state index in [1.165, 1.54) is 12.1 Å². The highest BCUT2D eigenvalue weighted by molar-refractivity contribution is 5.49. The molecule has 4 nitrogen and oxygen atoms in total. The summed E-state index contributed by atoms with van der Waals surface area (Å²) in [5.41, 5.74) is 1.05. The van der Waals surface area contributed by atoms with Gasteiger partial charge in [-0.05, 0) is 42.8 Å². The molecule has 1 saturated heterocycles. The molecule has 0 amide bonds. The number of alkyl halides is 3.